The highest BCUT2D eigenvalue weighted by molar-refractivity contribution is 5.86. The molecule has 1 aromatic heterocycles. The summed E-state index contributed by atoms with van der Waals surface area (Å²) in [5.74, 6) is -1.00. The third-order valence-corrected chi connectivity index (χ3v) is 3.71. The molecule has 0 saturated heterocycles. The molecular weight excluding hydrogens is 398 g/mol. The minimum atomic E-state index is -0.800. The van der Waals surface area contributed by atoms with E-state index >= 15 is 0 Å². The number of rotatable bonds is 17. The second kappa shape index (κ2) is 15.7. The molecule has 1 aromatic rings. The summed E-state index contributed by atoms with van der Waals surface area (Å²) in [6, 6.07) is -1.50. The fourth-order valence-electron chi connectivity index (χ4n) is 2.03. The molecule has 1 rings (SSSR count). The number of nitrogens with two attached hydrogens (primary N) is 1. The number of methoxy groups -OCH3 is 1. The average Bonchev–Trinajstić information content (AvgIpc) is 3.17. The highest BCUT2D eigenvalue weighted by Crippen LogP contribution is 1.99. The second-order valence-corrected chi connectivity index (χ2v) is 6.43. The molecule has 0 saturated carbocycles. The van der Waals surface area contributed by atoms with Gasteiger partial charge >= 0.3 is 5.97 Å². The van der Waals surface area contributed by atoms with E-state index < -0.39 is 24.0 Å². The Kier molecular flexibility index (Phi) is 13.5. The van der Waals surface area contributed by atoms with Crippen molar-refractivity contribution in [1.82, 2.24) is 20.3 Å². The van der Waals surface area contributed by atoms with Gasteiger partial charge in [0.1, 0.15) is 18.3 Å². The van der Waals surface area contributed by atoms with E-state index in [2.05, 4.69) is 15.6 Å². The van der Waals surface area contributed by atoms with Crippen LogP contribution >= 0.6 is 0 Å². The van der Waals surface area contributed by atoms with Gasteiger partial charge in [-0.3, -0.25) is 4.79 Å². The summed E-state index contributed by atoms with van der Waals surface area (Å²) in [4.78, 5) is 23.4. The van der Waals surface area contributed by atoms with Crippen molar-refractivity contribution in [3.63, 3.8) is 0 Å². The van der Waals surface area contributed by atoms with E-state index in [0.717, 1.165) is 0 Å². The third kappa shape index (κ3) is 11.8. The molecule has 3 N–H and O–H groups in total. The van der Waals surface area contributed by atoms with Crippen LogP contribution in [0.15, 0.2) is 6.20 Å². The van der Waals surface area contributed by atoms with Crippen LogP contribution in [0.2, 0.25) is 0 Å². The molecule has 0 bridgehead atoms. The molecule has 172 valence electrons. The van der Waals surface area contributed by atoms with Crippen LogP contribution in [0.1, 0.15) is 19.5 Å². The van der Waals surface area contributed by atoms with Gasteiger partial charge in [-0.1, -0.05) is 5.21 Å². The van der Waals surface area contributed by atoms with Crippen molar-refractivity contribution in [2.45, 2.75) is 39.1 Å². The molecule has 0 aromatic carbocycles. The molecule has 1 heterocycles. The van der Waals surface area contributed by atoms with Crippen LogP contribution in [0.5, 0.6) is 0 Å². The third-order valence-electron chi connectivity index (χ3n) is 3.71. The first-order valence-corrected chi connectivity index (χ1v) is 9.77. The minimum absolute atomic E-state index is 0.0433. The number of carbonyl (C=O) groups excluding carboxylic acids is 2. The van der Waals surface area contributed by atoms with Crippen molar-refractivity contribution >= 4 is 11.9 Å². The van der Waals surface area contributed by atoms with Crippen LogP contribution in [-0.4, -0.2) is 92.3 Å². The van der Waals surface area contributed by atoms with Crippen molar-refractivity contribution in [1.29, 1.82) is 0 Å². The first kappa shape index (κ1) is 25.9. The summed E-state index contributed by atoms with van der Waals surface area (Å²) >= 11 is 0. The highest BCUT2D eigenvalue weighted by Gasteiger charge is 2.19. The lowest BCUT2D eigenvalue weighted by Gasteiger charge is -2.14. The number of aromatic nitrogens is 3. The normalized spacial score (nSPS) is 13.1. The maximum absolute atomic E-state index is 11.9. The monoisotopic (exact) mass is 431 g/mol. The molecule has 0 aliphatic heterocycles. The summed E-state index contributed by atoms with van der Waals surface area (Å²) < 4.78 is 27.7. The zero-order valence-electron chi connectivity index (χ0n) is 17.9. The van der Waals surface area contributed by atoms with Gasteiger partial charge in [-0.15, -0.1) is 5.10 Å². The highest BCUT2D eigenvalue weighted by atomic mass is 16.6. The summed E-state index contributed by atoms with van der Waals surface area (Å²) in [5, 5.41) is 10.3. The standard InChI is InChI=1S/C18H33N5O7/c1-14(19)17(24)20-15(2)18(25)30-13-16-12-23(22-21-16)4-5-27-8-9-29-11-10-28-7-6-26-3/h12,14-15H,4-11,13,19H2,1-3H3,(H,20,24)/t14?,15-/m0/s1. The van der Waals surface area contributed by atoms with Crippen molar-refractivity contribution in [3.8, 4) is 0 Å². The van der Waals surface area contributed by atoms with Crippen molar-refractivity contribution in [2.75, 3.05) is 53.4 Å². The number of nitrogens with one attached hydrogen (secondary N) is 1. The molecule has 0 spiro atoms. The fourth-order valence-corrected chi connectivity index (χ4v) is 2.03. The molecule has 2 atom stereocenters. The fraction of sp³-hybridized carbons (Fsp3) is 0.778. The lowest BCUT2D eigenvalue weighted by atomic mass is 10.3. The van der Waals surface area contributed by atoms with Crippen molar-refractivity contribution < 1.29 is 33.3 Å². The van der Waals surface area contributed by atoms with Gasteiger partial charge in [0.2, 0.25) is 5.91 Å². The summed E-state index contributed by atoms with van der Waals surface area (Å²) in [6.45, 7) is 7.04. The molecule has 12 nitrogen and oxygen atoms in total. The van der Waals surface area contributed by atoms with Gasteiger partial charge in [-0.05, 0) is 13.8 Å². The van der Waals surface area contributed by atoms with Gasteiger partial charge < -0.3 is 34.7 Å². The predicted molar refractivity (Wildman–Crippen MR) is 105 cm³/mol. The van der Waals surface area contributed by atoms with Crippen LogP contribution in [0.25, 0.3) is 0 Å². The number of hydrogen-bond acceptors (Lipinski definition) is 10. The van der Waals surface area contributed by atoms with Gasteiger partial charge in [0.25, 0.3) is 0 Å². The Balaban J connectivity index is 2.09. The van der Waals surface area contributed by atoms with E-state index in [1.165, 1.54) is 13.8 Å². The SMILES string of the molecule is COCCOCCOCCOCCn1cc(COC(=O)[C@H](C)NC(=O)C(C)N)nn1. The first-order valence-electron chi connectivity index (χ1n) is 9.77. The van der Waals surface area contributed by atoms with Gasteiger partial charge in [0.05, 0.1) is 65.0 Å². The van der Waals surface area contributed by atoms with Crippen molar-refractivity contribution in [3.05, 3.63) is 11.9 Å². The molecule has 0 fully saturated rings. The smallest absolute Gasteiger partial charge is 0.328 e. The van der Waals surface area contributed by atoms with Crippen LogP contribution < -0.4 is 11.1 Å². The number of carbonyl (C=O) groups is 2. The maximum Gasteiger partial charge on any atom is 0.328 e. The number of ether oxygens (including phenoxy) is 5. The van der Waals surface area contributed by atoms with E-state index in [1.807, 2.05) is 0 Å². The predicted octanol–water partition coefficient (Wildman–Crippen LogP) is -1.13. The Morgan fingerprint density at radius 3 is 2.27 bits per heavy atom. The number of esters is 1. The van der Waals surface area contributed by atoms with Crippen LogP contribution in [0, 0.1) is 0 Å². The van der Waals surface area contributed by atoms with Gasteiger partial charge in [-0.2, -0.15) is 0 Å². The molecular formula is C18H33N5O7. The zero-order chi connectivity index (χ0) is 22.2. The van der Waals surface area contributed by atoms with Gasteiger partial charge in [0.15, 0.2) is 0 Å². The molecule has 1 amide bonds. The average molecular weight is 431 g/mol. The topological polar surface area (TPSA) is 149 Å². The molecule has 0 aliphatic carbocycles. The Morgan fingerprint density at radius 2 is 1.67 bits per heavy atom. The number of hydrogen-bond donors (Lipinski definition) is 2. The van der Waals surface area contributed by atoms with E-state index in [9.17, 15) is 9.59 Å². The van der Waals surface area contributed by atoms with E-state index in [1.54, 1.807) is 18.0 Å². The molecule has 30 heavy (non-hydrogen) atoms. The quantitative estimate of drug-likeness (QED) is 0.229. The Hall–Kier alpha value is -2.12. The summed E-state index contributed by atoms with van der Waals surface area (Å²) in [7, 11) is 1.63. The Labute approximate surface area is 176 Å². The summed E-state index contributed by atoms with van der Waals surface area (Å²) in [6.07, 6.45) is 1.66. The van der Waals surface area contributed by atoms with E-state index in [4.69, 9.17) is 29.4 Å². The van der Waals surface area contributed by atoms with Crippen LogP contribution in [-0.2, 0) is 46.4 Å². The van der Waals surface area contributed by atoms with Crippen LogP contribution in [0.3, 0.4) is 0 Å². The number of amides is 1. The van der Waals surface area contributed by atoms with Gasteiger partial charge in [0, 0.05) is 7.11 Å². The first-order chi connectivity index (χ1) is 14.4. The van der Waals surface area contributed by atoms with Crippen molar-refractivity contribution in [2.24, 2.45) is 5.73 Å². The second-order valence-electron chi connectivity index (χ2n) is 6.43. The largest absolute Gasteiger partial charge is 0.458 e. The zero-order valence-corrected chi connectivity index (χ0v) is 17.9. The molecule has 12 heteroatoms. The Morgan fingerprint density at radius 1 is 1.07 bits per heavy atom. The lowest BCUT2D eigenvalue weighted by Crippen LogP contribution is -2.46. The molecule has 1 unspecified atom stereocenters. The minimum Gasteiger partial charge on any atom is -0.458 e. The molecule has 0 aliphatic rings. The van der Waals surface area contributed by atoms with Crippen LogP contribution in [0.4, 0.5) is 0 Å². The number of nitrogens with zero attached hydrogens (tertiary/aromatic N) is 3. The van der Waals surface area contributed by atoms with E-state index in [0.29, 0.717) is 58.5 Å². The lowest BCUT2D eigenvalue weighted by molar-refractivity contribution is -0.148. The molecule has 0 radical (unpaired) electrons. The van der Waals surface area contributed by atoms with E-state index in [-0.39, 0.29) is 6.61 Å². The Bertz CT molecular complexity index is 612. The summed E-state index contributed by atoms with van der Waals surface area (Å²) in [5.41, 5.74) is 5.93. The van der Waals surface area contributed by atoms with Gasteiger partial charge in [-0.25, -0.2) is 9.48 Å². The maximum atomic E-state index is 11.9.